The third-order valence-corrected chi connectivity index (χ3v) is 5.66. The van der Waals surface area contributed by atoms with Gasteiger partial charge in [0.15, 0.2) is 0 Å². The van der Waals surface area contributed by atoms with Crippen LogP contribution in [0.5, 0.6) is 0 Å². The van der Waals surface area contributed by atoms with Crippen LogP contribution < -0.4 is 10.6 Å². The van der Waals surface area contributed by atoms with Gasteiger partial charge < -0.3 is 15.4 Å². The number of nitrogens with two attached hydrogens (primary N) is 1. The third-order valence-electron chi connectivity index (χ3n) is 5.34. The number of esters is 1. The number of hydrogen-bond donors (Lipinski definition) is 1. The van der Waals surface area contributed by atoms with Gasteiger partial charge in [-0.2, -0.15) is 0 Å². The van der Waals surface area contributed by atoms with Crippen molar-refractivity contribution in [3.05, 3.63) is 29.3 Å². The first-order chi connectivity index (χ1) is 12.2. The zero-order valence-corrected chi connectivity index (χ0v) is 16.2. The molecule has 2 N–H and O–H groups in total. The van der Waals surface area contributed by atoms with Crippen molar-refractivity contribution in [2.24, 2.45) is 11.7 Å². The number of halogens is 1. The van der Waals surface area contributed by atoms with Crippen LogP contribution >= 0.6 is 11.6 Å². The molecule has 7 heteroatoms. The van der Waals surface area contributed by atoms with Gasteiger partial charge in [0.2, 0.25) is 5.91 Å². The molecule has 1 amide bonds. The van der Waals surface area contributed by atoms with Crippen LogP contribution in [0.15, 0.2) is 24.3 Å². The predicted octanol–water partition coefficient (Wildman–Crippen LogP) is 2.05. The number of nitrogens with zero attached hydrogens (tertiary/aromatic N) is 2. The van der Waals surface area contributed by atoms with Gasteiger partial charge in [0.1, 0.15) is 6.10 Å². The second kappa shape index (κ2) is 7.18. The van der Waals surface area contributed by atoms with Gasteiger partial charge in [0, 0.05) is 18.6 Å². The Bertz CT molecular complexity index is 709. The second-order valence-corrected chi connectivity index (χ2v) is 8.31. The Morgan fingerprint density at radius 2 is 2.04 bits per heavy atom. The van der Waals surface area contributed by atoms with Crippen molar-refractivity contribution in [2.45, 2.75) is 44.9 Å². The lowest BCUT2D eigenvalue weighted by atomic mass is 9.95. The molecule has 0 aliphatic carbocycles. The van der Waals surface area contributed by atoms with E-state index in [-0.39, 0.29) is 42.0 Å². The molecule has 6 nitrogen and oxygen atoms in total. The monoisotopic (exact) mass is 379 g/mol. The number of carbonyl (C=O) groups is 2. The highest BCUT2D eigenvalue weighted by molar-refractivity contribution is 6.33. The molecule has 26 heavy (non-hydrogen) atoms. The normalized spacial score (nSPS) is 27.5. The summed E-state index contributed by atoms with van der Waals surface area (Å²) >= 11 is 6.27. The molecule has 0 aromatic heterocycles. The molecule has 142 valence electrons. The summed E-state index contributed by atoms with van der Waals surface area (Å²) in [5.74, 6) is -0.316. The Kier molecular flexibility index (Phi) is 5.28. The fourth-order valence-corrected chi connectivity index (χ4v) is 3.87. The third kappa shape index (κ3) is 3.72. The van der Waals surface area contributed by atoms with Gasteiger partial charge in [-0.15, -0.1) is 0 Å². The van der Waals surface area contributed by atoms with Gasteiger partial charge in [-0.05, 0) is 32.4 Å². The largest absolute Gasteiger partial charge is 0.460 e. The number of anilines is 1. The molecule has 2 saturated heterocycles. The summed E-state index contributed by atoms with van der Waals surface area (Å²) in [5, 5.41) is 0.564. The highest BCUT2D eigenvalue weighted by Crippen LogP contribution is 2.32. The molecule has 3 atom stereocenters. The Labute approximate surface area is 159 Å². The average Bonchev–Trinajstić information content (AvgIpc) is 2.91. The minimum Gasteiger partial charge on any atom is -0.460 e. The van der Waals surface area contributed by atoms with Crippen molar-refractivity contribution in [2.75, 3.05) is 24.5 Å². The molecule has 1 unspecified atom stereocenters. The summed E-state index contributed by atoms with van der Waals surface area (Å²) in [7, 11) is 0. The van der Waals surface area contributed by atoms with Crippen LogP contribution in [0.3, 0.4) is 0 Å². The minimum absolute atomic E-state index is 0.0126. The maximum atomic E-state index is 12.8. The summed E-state index contributed by atoms with van der Waals surface area (Å²) < 4.78 is 5.37. The Hall–Kier alpha value is -1.63. The van der Waals surface area contributed by atoms with Crippen molar-refractivity contribution < 1.29 is 14.3 Å². The van der Waals surface area contributed by atoms with Gasteiger partial charge in [-0.25, -0.2) is 0 Å². The summed E-state index contributed by atoms with van der Waals surface area (Å²) in [5.41, 5.74) is 6.76. The molecule has 3 rings (SSSR count). The molecule has 1 aromatic rings. The van der Waals surface area contributed by atoms with E-state index in [9.17, 15) is 9.59 Å². The minimum atomic E-state index is -0.317. The first kappa shape index (κ1) is 19.1. The van der Waals surface area contributed by atoms with Crippen LogP contribution in [0, 0.1) is 5.92 Å². The smallest absolute Gasteiger partial charge is 0.309 e. The van der Waals surface area contributed by atoms with Crippen molar-refractivity contribution in [3.63, 3.8) is 0 Å². The number of para-hydroxylation sites is 1. The second-order valence-electron chi connectivity index (χ2n) is 7.90. The van der Waals surface area contributed by atoms with Gasteiger partial charge in [0.25, 0.3) is 0 Å². The van der Waals surface area contributed by atoms with E-state index in [0.29, 0.717) is 24.5 Å². The molecule has 2 fully saturated rings. The molecule has 2 heterocycles. The van der Waals surface area contributed by atoms with Gasteiger partial charge >= 0.3 is 5.97 Å². The fourth-order valence-electron chi connectivity index (χ4n) is 3.63. The Balaban J connectivity index is 1.71. The van der Waals surface area contributed by atoms with Crippen LogP contribution in [0.1, 0.15) is 27.2 Å². The van der Waals surface area contributed by atoms with Crippen LogP contribution in [0.2, 0.25) is 5.02 Å². The maximum Gasteiger partial charge on any atom is 0.309 e. The molecular formula is C19H26ClN3O3. The number of ether oxygens (including phenoxy) is 1. The van der Waals surface area contributed by atoms with Crippen molar-refractivity contribution >= 4 is 29.2 Å². The van der Waals surface area contributed by atoms with Gasteiger partial charge in [-0.3, -0.25) is 14.5 Å². The fraction of sp³-hybridized carbons (Fsp3) is 0.579. The molecular weight excluding hydrogens is 354 g/mol. The van der Waals surface area contributed by atoms with Crippen molar-refractivity contribution in [1.29, 1.82) is 0 Å². The number of carbonyl (C=O) groups excluding carboxylic acids is 2. The van der Waals surface area contributed by atoms with E-state index in [1.54, 1.807) is 11.0 Å². The zero-order valence-electron chi connectivity index (χ0n) is 15.4. The van der Waals surface area contributed by atoms with Crippen LogP contribution in [0.25, 0.3) is 0 Å². The SMILES string of the molecule is C[C@@H]1C[C@@H](C(N)CN2CC(=O)N(c3ccccc3Cl)CC2(C)C)OC1=O. The number of amides is 1. The zero-order chi connectivity index (χ0) is 19.1. The first-order valence-corrected chi connectivity index (χ1v) is 9.33. The van der Waals surface area contributed by atoms with Gasteiger partial charge in [-0.1, -0.05) is 30.7 Å². The maximum absolute atomic E-state index is 12.8. The molecule has 0 saturated carbocycles. The predicted molar refractivity (Wildman–Crippen MR) is 101 cm³/mol. The van der Waals surface area contributed by atoms with E-state index in [1.165, 1.54) is 0 Å². The van der Waals surface area contributed by atoms with E-state index in [2.05, 4.69) is 18.7 Å². The standard InChI is InChI=1S/C19H26ClN3O3/c1-12-8-16(26-18(12)25)14(21)9-22-10-17(24)23(11-19(22,2)3)15-7-5-4-6-13(15)20/h4-7,12,14,16H,8-11,21H2,1-3H3/t12-,14?,16+/m1/s1. The van der Waals surface area contributed by atoms with E-state index in [1.807, 2.05) is 25.1 Å². The highest BCUT2D eigenvalue weighted by atomic mass is 35.5. The molecule has 0 bridgehead atoms. The topological polar surface area (TPSA) is 75.9 Å². The van der Waals surface area contributed by atoms with E-state index < -0.39 is 0 Å². The van der Waals surface area contributed by atoms with Crippen LogP contribution in [-0.2, 0) is 14.3 Å². The number of benzene rings is 1. The van der Waals surface area contributed by atoms with E-state index in [0.717, 1.165) is 5.69 Å². The number of rotatable bonds is 4. The molecule has 2 aliphatic rings. The van der Waals surface area contributed by atoms with Crippen molar-refractivity contribution in [1.82, 2.24) is 4.90 Å². The summed E-state index contributed by atoms with van der Waals surface area (Å²) in [6.45, 7) is 7.29. The van der Waals surface area contributed by atoms with Crippen molar-refractivity contribution in [3.8, 4) is 0 Å². The Morgan fingerprint density at radius 1 is 1.35 bits per heavy atom. The van der Waals surface area contributed by atoms with Gasteiger partial charge in [0.05, 0.1) is 29.2 Å². The van der Waals surface area contributed by atoms with Crippen LogP contribution in [0.4, 0.5) is 5.69 Å². The highest BCUT2D eigenvalue weighted by Gasteiger charge is 2.42. The molecule has 0 spiro atoms. The summed E-state index contributed by atoms with van der Waals surface area (Å²) in [6.07, 6.45) is 0.346. The Morgan fingerprint density at radius 3 is 2.65 bits per heavy atom. The lowest BCUT2D eigenvalue weighted by Gasteiger charge is -2.47. The lowest BCUT2D eigenvalue weighted by molar-refractivity contribution is -0.145. The summed E-state index contributed by atoms with van der Waals surface area (Å²) in [6, 6.07) is 7.05. The molecule has 0 radical (unpaired) electrons. The number of piperazine rings is 1. The lowest BCUT2D eigenvalue weighted by Crippen LogP contribution is -2.64. The number of hydrogen-bond acceptors (Lipinski definition) is 5. The van der Waals surface area contributed by atoms with E-state index >= 15 is 0 Å². The molecule has 1 aromatic carbocycles. The average molecular weight is 380 g/mol. The quantitative estimate of drug-likeness (QED) is 0.810. The summed E-state index contributed by atoms with van der Waals surface area (Å²) in [4.78, 5) is 28.2. The van der Waals surface area contributed by atoms with Crippen LogP contribution in [-0.4, -0.2) is 54.1 Å². The first-order valence-electron chi connectivity index (χ1n) is 8.95. The number of cyclic esters (lactones) is 1. The van der Waals surface area contributed by atoms with E-state index in [4.69, 9.17) is 22.1 Å². The molecule has 2 aliphatic heterocycles.